The Bertz CT molecular complexity index is 1090. The van der Waals surface area contributed by atoms with E-state index in [1.807, 2.05) is 6.07 Å². The molecular weight excluding hydrogens is 370 g/mol. The highest BCUT2D eigenvalue weighted by Crippen LogP contribution is 2.31. The summed E-state index contributed by atoms with van der Waals surface area (Å²) in [4.78, 5) is 15.3. The Morgan fingerprint density at radius 1 is 1.00 bits per heavy atom. The average Bonchev–Trinajstić information content (AvgIpc) is 3.28. The molecule has 3 heterocycles. The van der Waals surface area contributed by atoms with Gasteiger partial charge in [0, 0.05) is 24.2 Å². The van der Waals surface area contributed by atoms with Crippen LogP contribution in [0, 0.1) is 0 Å². The van der Waals surface area contributed by atoms with Crippen molar-refractivity contribution in [3.8, 4) is 11.1 Å². The third-order valence-corrected chi connectivity index (χ3v) is 5.55. The Labute approximate surface area is 166 Å². The summed E-state index contributed by atoms with van der Waals surface area (Å²) in [5.74, 6) is 0.792. The summed E-state index contributed by atoms with van der Waals surface area (Å²) in [5, 5.41) is 5.30. The van der Waals surface area contributed by atoms with Gasteiger partial charge in [0.1, 0.15) is 17.1 Å². The summed E-state index contributed by atoms with van der Waals surface area (Å²) in [7, 11) is 0. The van der Waals surface area contributed by atoms with Crippen molar-refractivity contribution in [2.45, 2.75) is 0 Å². The van der Waals surface area contributed by atoms with Crippen LogP contribution in [0.4, 0.5) is 16.5 Å². The van der Waals surface area contributed by atoms with Crippen LogP contribution in [0.25, 0.3) is 22.0 Å². The first-order valence-electron chi connectivity index (χ1n) is 9.20. The fourth-order valence-corrected chi connectivity index (χ4v) is 3.95. The fraction of sp³-hybridized carbons (Fsp3) is 0.190. The van der Waals surface area contributed by atoms with Crippen LogP contribution in [0.15, 0.2) is 60.5 Å². The summed E-state index contributed by atoms with van der Waals surface area (Å²) in [6, 6.07) is 15.0. The highest BCUT2D eigenvalue weighted by molar-refractivity contribution is 7.13. The first kappa shape index (κ1) is 17.1. The van der Waals surface area contributed by atoms with E-state index in [-0.39, 0.29) is 0 Å². The molecule has 28 heavy (non-hydrogen) atoms. The Hall–Kier alpha value is -3.03. The first-order chi connectivity index (χ1) is 13.9. The Morgan fingerprint density at radius 3 is 2.75 bits per heavy atom. The van der Waals surface area contributed by atoms with Gasteiger partial charge in [0.25, 0.3) is 0 Å². The molecule has 5 rings (SSSR count). The highest BCUT2D eigenvalue weighted by atomic mass is 32.1. The quantitative estimate of drug-likeness (QED) is 0.560. The SMILES string of the molecule is c1cc(-c2ccc3ncnc(Nc4cncs4)c3c2)cc(N2CCOCC2)c1. The lowest BCUT2D eigenvalue weighted by atomic mass is 10.0. The number of fused-ring (bicyclic) bond motifs is 1. The molecule has 0 amide bonds. The molecule has 0 atom stereocenters. The van der Waals surface area contributed by atoms with Gasteiger partial charge in [-0.25, -0.2) is 9.97 Å². The molecule has 1 saturated heterocycles. The number of rotatable bonds is 4. The summed E-state index contributed by atoms with van der Waals surface area (Å²) in [6.45, 7) is 3.42. The van der Waals surface area contributed by atoms with Crippen molar-refractivity contribution in [1.82, 2.24) is 15.0 Å². The average molecular weight is 389 g/mol. The Kier molecular flexibility index (Phi) is 4.60. The second-order valence-electron chi connectivity index (χ2n) is 6.59. The molecular formula is C21H19N5OS. The maximum Gasteiger partial charge on any atom is 0.142 e. The predicted octanol–water partition coefficient (Wildman–Crippen LogP) is 4.33. The van der Waals surface area contributed by atoms with Gasteiger partial charge in [0.15, 0.2) is 0 Å². The highest BCUT2D eigenvalue weighted by Gasteiger charge is 2.12. The van der Waals surface area contributed by atoms with Gasteiger partial charge in [-0.05, 0) is 35.4 Å². The van der Waals surface area contributed by atoms with E-state index in [4.69, 9.17) is 4.74 Å². The van der Waals surface area contributed by atoms with Crippen LogP contribution in [0.3, 0.4) is 0 Å². The van der Waals surface area contributed by atoms with Gasteiger partial charge < -0.3 is 15.0 Å². The number of benzene rings is 2. The van der Waals surface area contributed by atoms with Crippen LogP contribution in [0.2, 0.25) is 0 Å². The topological polar surface area (TPSA) is 63.2 Å². The van der Waals surface area contributed by atoms with E-state index in [1.165, 1.54) is 11.3 Å². The lowest BCUT2D eigenvalue weighted by Crippen LogP contribution is -2.36. The van der Waals surface area contributed by atoms with Crippen molar-refractivity contribution in [2.75, 3.05) is 36.5 Å². The second kappa shape index (κ2) is 7.53. The van der Waals surface area contributed by atoms with E-state index in [0.717, 1.165) is 53.6 Å². The zero-order valence-electron chi connectivity index (χ0n) is 15.2. The minimum Gasteiger partial charge on any atom is -0.378 e. The van der Waals surface area contributed by atoms with Crippen LogP contribution in [-0.2, 0) is 4.74 Å². The van der Waals surface area contributed by atoms with E-state index in [2.05, 4.69) is 61.6 Å². The van der Waals surface area contributed by atoms with Crippen molar-refractivity contribution in [3.63, 3.8) is 0 Å². The molecule has 0 unspecified atom stereocenters. The van der Waals surface area contributed by atoms with Gasteiger partial charge in [-0.2, -0.15) is 0 Å². The van der Waals surface area contributed by atoms with Crippen molar-refractivity contribution >= 4 is 38.7 Å². The number of nitrogens with zero attached hydrogens (tertiary/aromatic N) is 4. The van der Waals surface area contributed by atoms with E-state index in [9.17, 15) is 0 Å². The molecule has 1 fully saturated rings. The Morgan fingerprint density at radius 2 is 1.89 bits per heavy atom. The molecule has 0 spiro atoms. The van der Waals surface area contributed by atoms with E-state index >= 15 is 0 Å². The maximum atomic E-state index is 5.47. The van der Waals surface area contributed by atoms with Crippen molar-refractivity contribution in [1.29, 1.82) is 0 Å². The lowest BCUT2D eigenvalue weighted by molar-refractivity contribution is 0.122. The van der Waals surface area contributed by atoms with Gasteiger partial charge in [0.2, 0.25) is 0 Å². The van der Waals surface area contributed by atoms with E-state index in [1.54, 1.807) is 29.4 Å². The predicted molar refractivity (Wildman–Crippen MR) is 113 cm³/mol. The monoisotopic (exact) mass is 389 g/mol. The van der Waals surface area contributed by atoms with Crippen LogP contribution in [0.1, 0.15) is 0 Å². The molecule has 0 saturated carbocycles. The standard InChI is InChI=1S/C21H19N5OS/c1-2-15(10-17(3-1)26-6-8-27-9-7-26)16-4-5-19-18(11-16)21(24-13-23-19)25-20-12-22-14-28-20/h1-5,10-14H,6-9H2,(H,23,24,25). The van der Waals surface area contributed by atoms with Crippen LogP contribution >= 0.6 is 11.3 Å². The van der Waals surface area contributed by atoms with Crippen molar-refractivity contribution in [2.24, 2.45) is 0 Å². The Balaban J connectivity index is 1.52. The number of thiazole rings is 1. The molecule has 1 aliphatic rings. The number of hydrogen-bond donors (Lipinski definition) is 1. The molecule has 0 bridgehead atoms. The molecule has 1 N–H and O–H groups in total. The van der Waals surface area contributed by atoms with Crippen LogP contribution in [0.5, 0.6) is 0 Å². The van der Waals surface area contributed by atoms with Gasteiger partial charge >= 0.3 is 0 Å². The van der Waals surface area contributed by atoms with E-state index < -0.39 is 0 Å². The number of anilines is 3. The second-order valence-corrected chi connectivity index (χ2v) is 7.48. The summed E-state index contributed by atoms with van der Waals surface area (Å²) < 4.78 is 5.47. The number of nitrogens with one attached hydrogen (secondary N) is 1. The third-order valence-electron chi connectivity index (χ3n) is 4.86. The molecule has 4 aromatic rings. The largest absolute Gasteiger partial charge is 0.378 e. The number of morpholine rings is 1. The molecule has 6 nitrogen and oxygen atoms in total. The van der Waals surface area contributed by atoms with Gasteiger partial charge in [-0.3, -0.25) is 4.98 Å². The van der Waals surface area contributed by atoms with Gasteiger partial charge in [-0.1, -0.05) is 18.2 Å². The molecule has 1 aliphatic heterocycles. The minimum absolute atomic E-state index is 0.782. The number of aromatic nitrogens is 3. The van der Waals surface area contributed by atoms with Gasteiger partial charge in [-0.15, -0.1) is 11.3 Å². The number of ether oxygens (including phenoxy) is 1. The maximum absolute atomic E-state index is 5.47. The van der Waals surface area contributed by atoms with Crippen LogP contribution in [-0.4, -0.2) is 41.3 Å². The summed E-state index contributed by atoms with van der Waals surface area (Å²) in [5.41, 5.74) is 6.26. The van der Waals surface area contributed by atoms with Gasteiger partial charge in [0.05, 0.1) is 30.4 Å². The fourth-order valence-electron chi connectivity index (χ4n) is 3.43. The zero-order valence-corrected chi connectivity index (χ0v) is 16.0. The number of hydrogen-bond acceptors (Lipinski definition) is 7. The summed E-state index contributed by atoms with van der Waals surface area (Å²) >= 11 is 1.55. The molecule has 0 aliphatic carbocycles. The molecule has 2 aromatic heterocycles. The third kappa shape index (κ3) is 3.42. The van der Waals surface area contributed by atoms with Crippen molar-refractivity contribution < 1.29 is 4.74 Å². The van der Waals surface area contributed by atoms with E-state index in [0.29, 0.717) is 0 Å². The normalized spacial score (nSPS) is 14.4. The summed E-state index contributed by atoms with van der Waals surface area (Å²) in [6.07, 6.45) is 3.39. The molecule has 2 aromatic carbocycles. The molecule has 7 heteroatoms. The van der Waals surface area contributed by atoms with Crippen LogP contribution < -0.4 is 10.2 Å². The zero-order chi connectivity index (χ0) is 18.8. The minimum atomic E-state index is 0.782. The first-order valence-corrected chi connectivity index (χ1v) is 10.1. The smallest absolute Gasteiger partial charge is 0.142 e. The van der Waals surface area contributed by atoms with Crippen molar-refractivity contribution in [3.05, 3.63) is 60.5 Å². The molecule has 140 valence electrons. The lowest BCUT2D eigenvalue weighted by Gasteiger charge is -2.29. The molecule has 0 radical (unpaired) electrons.